The van der Waals surface area contributed by atoms with Crippen molar-refractivity contribution in [1.82, 2.24) is 5.32 Å². The van der Waals surface area contributed by atoms with Crippen LogP contribution in [0.15, 0.2) is 12.3 Å². The van der Waals surface area contributed by atoms with Gasteiger partial charge in [-0.2, -0.15) is 0 Å². The number of rotatable bonds is 0. The van der Waals surface area contributed by atoms with Crippen LogP contribution >= 0.6 is 0 Å². The molecule has 0 aromatic heterocycles. The third kappa shape index (κ3) is 3.75. The molecule has 0 aromatic carbocycles. The Morgan fingerprint density at radius 1 is 1.12 bits per heavy atom. The first-order chi connectivity index (χ1) is 7.17. The molecule has 2 rings (SSSR count). The third-order valence-corrected chi connectivity index (χ3v) is 3.39. The minimum atomic E-state index is 0. The summed E-state index contributed by atoms with van der Waals surface area (Å²) < 4.78 is 2.59. The molecule has 2 aliphatic rings. The van der Waals surface area contributed by atoms with Crippen molar-refractivity contribution >= 4 is 5.71 Å². The average Bonchev–Trinajstić information content (AvgIpc) is 2.44. The third-order valence-electron chi connectivity index (χ3n) is 3.39. The van der Waals surface area contributed by atoms with E-state index in [4.69, 9.17) is 0 Å². The van der Waals surface area contributed by atoms with E-state index in [-0.39, 0.29) is 29.5 Å². The maximum atomic E-state index is 3.41. The first-order valence-electron chi connectivity index (χ1n) is 6.22. The van der Waals surface area contributed by atoms with Crippen LogP contribution in [0.4, 0.5) is 0 Å². The quantitative estimate of drug-likeness (QED) is 0.458. The van der Waals surface area contributed by atoms with Gasteiger partial charge in [-0.3, -0.25) is 0 Å². The molecule has 2 nitrogen and oxygen atoms in total. The summed E-state index contributed by atoms with van der Waals surface area (Å²) in [5, 5.41) is 3.41. The van der Waals surface area contributed by atoms with Gasteiger partial charge in [0.2, 0.25) is 0 Å². The summed E-state index contributed by atoms with van der Waals surface area (Å²) in [6, 6.07) is 0. The molecule has 1 saturated heterocycles. The fourth-order valence-corrected chi connectivity index (χ4v) is 2.50. The Morgan fingerprint density at radius 2 is 1.75 bits per heavy atom. The predicted molar refractivity (Wildman–Crippen MR) is 64.4 cm³/mol. The fraction of sp³-hybridized carbons (Fsp3) is 0.769. The van der Waals surface area contributed by atoms with Crippen LogP contribution in [0.3, 0.4) is 0 Å². The van der Waals surface area contributed by atoms with Gasteiger partial charge in [-0.05, 0) is 26.7 Å². The molecule has 0 atom stereocenters. The van der Waals surface area contributed by atoms with Gasteiger partial charge >= 0.3 is 0 Å². The normalized spacial score (nSPS) is 24.4. The topological polar surface area (TPSA) is 15.0 Å². The van der Waals surface area contributed by atoms with Crippen LogP contribution in [0, 0.1) is 0 Å². The summed E-state index contributed by atoms with van der Waals surface area (Å²) in [6.07, 6.45) is 11.1. The molecule has 0 radical (unpaired) electrons. The van der Waals surface area contributed by atoms with Gasteiger partial charge in [-0.1, -0.05) is 0 Å². The van der Waals surface area contributed by atoms with E-state index in [9.17, 15) is 0 Å². The number of halogens is 1. The maximum Gasteiger partial charge on any atom is 0.179 e. The Balaban J connectivity index is 0.00000128. The zero-order valence-corrected chi connectivity index (χ0v) is 12.6. The zero-order valence-electron chi connectivity index (χ0n) is 10.4. The van der Waals surface area contributed by atoms with Gasteiger partial charge in [-0.15, -0.1) is 0 Å². The Kier molecular flexibility index (Phi) is 5.28. The highest BCUT2D eigenvalue weighted by Gasteiger charge is 2.26. The molecular weight excluding hydrogens is 311 g/mol. The Morgan fingerprint density at radius 3 is 2.31 bits per heavy atom. The highest BCUT2D eigenvalue weighted by atomic mass is 127. The highest BCUT2D eigenvalue weighted by molar-refractivity contribution is 5.92. The highest BCUT2D eigenvalue weighted by Crippen LogP contribution is 2.16. The van der Waals surface area contributed by atoms with E-state index in [1.807, 2.05) is 0 Å². The summed E-state index contributed by atoms with van der Waals surface area (Å²) in [7, 11) is 0. The molecule has 0 spiro atoms. The van der Waals surface area contributed by atoms with Crippen molar-refractivity contribution in [2.45, 2.75) is 51.5 Å². The second-order valence-electron chi connectivity index (χ2n) is 5.43. The van der Waals surface area contributed by atoms with E-state index in [2.05, 4.69) is 36.0 Å². The van der Waals surface area contributed by atoms with Gasteiger partial charge in [-0.25, -0.2) is 4.58 Å². The molecule has 2 heterocycles. The van der Waals surface area contributed by atoms with Crippen molar-refractivity contribution in [2.75, 3.05) is 13.1 Å². The van der Waals surface area contributed by atoms with Crippen LogP contribution < -0.4 is 29.3 Å². The van der Waals surface area contributed by atoms with E-state index in [1.54, 1.807) is 0 Å². The van der Waals surface area contributed by atoms with Gasteiger partial charge in [0.25, 0.3) is 0 Å². The molecule has 0 aliphatic carbocycles. The lowest BCUT2D eigenvalue weighted by atomic mass is 9.94. The number of nitrogens with zero attached hydrogens (tertiary/aromatic N) is 1. The molecule has 0 amide bonds. The van der Waals surface area contributed by atoms with E-state index in [0.29, 0.717) is 0 Å². The van der Waals surface area contributed by atoms with Crippen molar-refractivity contribution in [3.63, 3.8) is 0 Å². The van der Waals surface area contributed by atoms with Crippen molar-refractivity contribution in [3.05, 3.63) is 12.3 Å². The molecule has 2 aliphatic heterocycles. The first kappa shape index (κ1) is 14.0. The van der Waals surface area contributed by atoms with E-state index >= 15 is 0 Å². The van der Waals surface area contributed by atoms with Crippen LogP contribution in [0.1, 0.15) is 46.0 Å². The molecule has 0 unspecified atom stereocenters. The van der Waals surface area contributed by atoms with Gasteiger partial charge < -0.3 is 29.3 Å². The summed E-state index contributed by atoms with van der Waals surface area (Å²) in [4.78, 5) is 0. The van der Waals surface area contributed by atoms with E-state index < -0.39 is 0 Å². The Bertz CT molecular complexity index is 282. The largest absolute Gasteiger partial charge is 1.00 e. The number of allylic oxidation sites excluding steroid dienone is 1. The van der Waals surface area contributed by atoms with Gasteiger partial charge in [0, 0.05) is 30.7 Å². The first-order valence-corrected chi connectivity index (χ1v) is 6.22. The van der Waals surface area contributed by atoms with Gasteiger partial charge in [0.05, 0.1) is 6.42 Å². The second-order valence-corrected chi connectivity index (χ2v) is 5.43. The molecular formula is C13H23IN2. The lowest BCUT2D eigenvalue weighted by Crippen LogP contribution is -3.00. The number of nitrogens with one attached hydrogen (secondary N) is 1. The van der Waals surface area contributed by atoms with E-state index in [0.717, 1.165) is 6.42 Å². The molecule has 0 aromatic rings. The molecule has 1 N–H and O–H groups in total. The number of hydrogen-bond acceptors (Lipinski definition) is 1. The number of hydrogen-bond donors (Lipinski definition) is 1. The van der Waals surface area contributed by atoms with Crippen molar-refractivity contribution in [3.8, 4) is 0 Å². The van der Waals surface area contributed by atoms with Crippen molar-refractivity contribution < 1.29 is 28.6 Å². The van der Waals surface area contributed by atoms with Crippen LogP contribution in [0.2, 0.25) is 0 Å². The molecule has 92 valence electrons. The smallest absolute Gasteiger partial charge is 0.179 e. The Labute approximate surface area is 116 Å². The van der Waals surface area contributed by atoms with E-state index in [1.165, 1.54) is 44.5 Å². The lowest BCUT2D eigenvalue weighted by Gasteiger charge is -2.27. The fourth-order valence-electron chi connectivity index (χ4n) is 2.50. The van der Waals surface area contributed by atoms with Crippen molar-refractivity contribution in [1.29, 1.82) is 0 Å². The Hall–Kier alpha value is -0.0600. The maximum absolute atomic E-state index is 3.41. The summed E-state index contributed by atoms with van der Waals surface area (Å²) in [5.41, 5.74) is 1.76. The monoisotopic (exact) mass is 334 g/mol. The van der Waals surface area contributed by atoms with Crippen LogP contribution in [-0.2, 0) is 0 Å². The summed E-state index contributed by atoms with van der Waals surface area (Å²) >= 11 is 0. The molecule has 0 bridgehead atoms. The lowest BCUT2D eigenvalue weighted by molar-refractivity contribution is -0.526. The molecule has 16 heavy (non-hydrogen) atoms. The summed E-state index contributed by atoms with van der Waals surface area (Å²) in [5.74, 6) is 0. The SMILES string of the molecule is CC1(C)CC(=[N+]2CCCCCC2)C=CN1.[I-]. The molecule has 3 heteroatoms. The predicted octanol–water partition coefficient (Wildman–Crippen LogP) is -0.696. The van der Waals surface area contributed by atoms with Crippen LogP contribution in [0.25, 0.3) is 0 Å². The average molecular weight is 334 g/mol. The molecule has 1 fully saturated rings. The minimum Gasteiger partial charge on any atom is -1.00 e. The zero-order chi connectivity index (χ0) is 10.7. The van der Waals surface area contributed by atoms with Gasteiger partial charge in [0.1, 0.15) is 13.1 Å². The minimum absolute atomic E-state index is 0. The molecule has 0 saturated carbocycles. The second kappa shape index (κ2) is 6.03. The van der Waals surface area contributed by atoms with Crippen LogP contribution in [-0.4, -0.2) is 28.9 Å². The van der Waals surface area contributed by atoms with Crippen molar-refractivity contribution in [2.24, 2.45) is 0 Å². The van der Waals surface area contributed by atoms with Gasteiger partial charge in [0.15, 0.2) is 5.71 Å². The standard InChI is InChI=1S/C13H22N2.HI/c1-13(2)11-12(7-8-14-13)15-9-5-3-4-6-10-15;/h7-8H,3-6,9-11H2,1-2H3;1H. The summed E-state index contributed by atoms with van der Waals surface area (Å²) in [6.45, 7) is 7.06. The van der Waals surface area contributed by atoms with Crippen LogP contribution in [0.5, 0.6) is 0 Å².